The smallest absolute Gasteiger partial charge is 0.205 e. The standard InChI is InChI=1S/C17H16N4/c1-11(2)13-7-3-4-8-14(13)21-15-9-5-6-12(10-18)16(15)20-17(21)19/h3-9,11H,1-2H3,(H2,19,20). The molecule has 0 radical (unpaired) electrons. The number of fused-ring (bicyclic) bond motifs is 1. The van der Waals surface area contributed by atoms with Crippen LogP contribution in [0, 0.1) is 11.3 Å². The second-order valence-electron chi connectivity index (χ2n) is 5.30. The lowest BCUT2D eigenvalue weighted by Crippen LogP contribution is -2.04. The number of nitrogens with two attached hydrogens (primary N) is 1. The highest BCUT2D eigenvalue weighted by atomic mass is 15.2. The van der Waals surface area contributed by atoms with E-state index < -0.39 is 0 Å². The number of hydrogen-bond donors (Lipinski definition) is 1. The van der Waals surface area contributed by atoms with E-state index in [0.717, 1.165) is 11.2 Å². The predicted octanol–water partition coefficient (Wildman–Crippen LogP) is 3.60. The van der Waals surface area contributed by atoms with Crippen molar-refractivity contribution >= 4 is 17.0 Å². The Bertz CT molecular complexity index is 853. The van der Waals surface area contributed by atoms with Crippen molar-refractivity contribution in [1.29, 1.82) is 5.26 Å². The van der Waals surface area contributed by atoms with Crippen molar-refractivity contribution in [1.82, 2.24) is 9.55 Å². The lowest BCUT2D eigenvalue weighted by atomic mass is 10.0. The first-order chi connectivity index (χ1) is 10.1. The number of nitrogen functional groups attached to an aromatic ring is 1. The lowest BCUT2D eigenvalue weighted by Gasteiger charge is -2.15. The molecule has 3 aromatic rings. The fourth-order valence-corrected chi connectivity index (χ4v) is 2.64. The Labute approximate surface area is 123 Å². The highest BCUT2D eigenvalue weighted by Gasteiger charge is 2.16. The topological polar surface area (TPSA) is 67.6 Å². The summed E-state index contributed by atoms with van der Waals surface area (Å²) in [5.41, 5.74) is 10.4. The molecule has 0 aliphatic carbocycles. The van der Waals surface area contributed by atoms with Gasteiger partial charge in [0.2, 0.25) is 5.95 Å². The highest BCUT2D eigenvalue weighted by Crippen LogP contribution is 2.30. The van der Waals surface area contributed by atoms with Gasteiger partial charge in [0.05, 0.1) is 16.8 Å². The molecule has 4 heteroatoms. The molecule has 0 amide bonds. The second kappa shape index (κ2) is 4.95. The largest absolute Gasteiger partial charge is 0.369 e. The van der Waals surface area contributed by atoms with Gasteiger partial charge in [0.1, 0.15) is 11.6 Å². The molecule has 104 valence electrons. The molecule has 2 aromatic carbocycles. The predicted molar refractivity (Wildman–Crippen MR) is 84.3 cm³/mol. The van der Waals surface area contributed by atoms with Crippen LogP contribution in [0.4, 0.5) is 5.95 Å². The Kier molecular flexibility index (Phi) is 3.11. The van der Waals surface area contributed by atoms with Crippen LogP contribution in [0.2, 0.25) is 0 Å². The third-order valence-electron chi connectivity index (χ3n) is 3.63. The molecule has 0 bridgehead atoms. The Morgan fingerprint density at radius 2 is 1.90 bits per heavy atom. The quantitative estimate of drug-likeness (QED) is 0.777. The van der Waals surface area contributed by atoms with Crippen LogP contribution >= 0.6 is 0 Å². The number of anilines is 1. The number of rotatable bonds is 2. The zero-order valence-electron chi connectivity index (χ0n) is 12.0. The molecule has 0 fully saturated rings. The van der Waals surface area contributed by atoms with E-state index >= 15 is 0 Å². The maximum absolute atomic E-state index is 9.21. The van der Waals surface area contributed by atoms with E-state index in [0.29, 0.717) is 22.9 Å². The Hall–Kier alpha value is -2.80. The molecule has 0 spiro atoms. The number of aromatic nitrogens is 2. The summed E-state index contributed by atoms with van der Waals surface area (Å²) in [4.78, 5) is 4.38. The fraction of sp³-hybridized carbons (Fsp3) is 0.176. The van der Waals surface area contributed by atoms with Gasteiger partial charge in [-0.05, 0) is 29.7 Å². The number of para-hydroxylation sites is 2. The molecule has 21 heavy (non-hydrogen) atoms. The number of nitrogens with zero attached hydrogens (tertiary/aromatic N) is 3. The normalized spacial score (nSPS) is 11.0. The summed E-state index contributed by atoms with van der Waals surface area (Å²) in [7, 11) is 0. The van der Waals surface area contributed by atoms with Crippen LogP contribution in [0.3, 0.4) is 0 Å². The maximum atomic E-state index is 9.21. The van der Waals surface area contributed by atoms with E-state index in [4.69, 9.17) is 5.73 Å². The first-order valence-corrected chi connectivity index (χ1v) is 6.90. The molecular weight excluding hydrogens is 260 g/mol. The Morgan fingerprint density at radius 1 is 1.14 bits per heavy atom. The number of nitriles is 1. The number of benzene rings is 2. The number of imidazole rings is 1. The van der Waals surface area contributed by atoms with Crippen LogP contribution < -0.4 is 5.73 Å². The minimum atomic E-state index is 0.372. The van der Waals surface area contributed by atoms with Gasteiger partial charge in [-0.2, -0.15) is 5.26 Å². The molecule has 2 N–H and O–H groups in total. The van der Waals surface area contributed by atoms with Crippen LogP contribution in [0.15, 0.2) is 42.5 Å². The van der Waals surface area contributed by atoms with Gasteiger partial charge in [0.25, 0.3) is 0 Å². The van der Waals surface area contributed by atoms with E-state index in [1.54, 1.807) is 6.07 Å². The lowest BCUT2D eigenvalue weighted by molar-refractivity contribution is 0.851. The SMILES string of the molecule is CC(C)c1ccccc1-n1c(N)nc2c(C#N)cccc21. The van der Waals surface area contributed by atoms with Crippen LogP contribution in [0.25, 0.3) is 16.7 Å². The average molecular weight is 276 g/mol. The van der Waals surface area contributed by atoms with E-state index in [-0.39, 0.29) is 0 Å². The van der Waals surface area contributed by atoms with Gasteiger partial charge in [-0.15, -0.1) is 0 Å². The highest BCUT2D eigenvalue weighted by molar-refractivity contribution is 5.86. The van der Waals surface area contributed by atoms with Crippen LogP contribution in [0.5, 0.6) is 0 Å². The molecule has 0 aliphatic heterocycles. The van der Waals surface area contributed by atoms with Crippen molar-refractivity contribution in [3.63, 3.8) is 0 Å². The third-order valence-corrected chi connectivity index (χ3v) is 3.63. The van der Waals surface area contributed by atoms with E-state index in [1.165, 1.54) is 5.56 Å². The van der Waals surface area contributed by atoms with Gasteiger partial charge in [0, 0.05) is 0 Å². The van der Waals surface area contributed by atoms with Crippen LogP contribution in [0.1, 0.15) is 30.9 Å². The van der Waals surface area contributed by atoms with Crippen molar-refractivity contribution < 1.29 is 0 Å². The molecule has 0 unspecified atom stereocenters. The summed E-state index contributed by atoms with van der Waals surface area (Å²) in [5, 5.41) is 9.21. The van der Waals surface area contributed by atoms with Gasteiger partial charge in [-0.1, -0.05) is 38.1 Å². The van der Waals surface area contributed by atoms with Gasteiger partial charge in [-0.3, -0.25) is 4.57 Å². The first kappa shape index (κ1) is 13.2. The van der Waals surface area contributed by atoms with Crippen molar-refractivity contribution in [3.8, 4) is 11.8 Å². The molecule has 0 saturated carbocycles. The van der Waals surface area contributed by atoms with Crippen LogP contribution in [-0.2, 0) is 0 Å². The maximum Gasteiger partial charge on any atom is 0.205 e. The van der Waals surface area contributed by atoms with E-state index in [2.05, 4.69) is 31.0 Å². The molecule has 1 heterocycles. The Morgan fingerprint density at radius 3 is 2.62 bits per heavy atom. The summed E-state index contributed by atoms with van der Waals surface area (Å²) in [5.74, 6) is 0.776. The van der Waals surface area contributed by atoms with Gasteiger partial charge in [0.15, 0.2) is 0 Å². The fourth-order valence-electron chi connectivity index (χ4n) is 2.64. The Balaban J connectivity index is 2.37. The molecule has 3 rings (SSSR count). The summed E-state index contributed by atoms with van der Waals surface area (Å²) >= 11 is 0. The van der Waals surface area contributed by atoms with Gasteiger partial charge < -0.3 is 5.73 Å². The zero-order valence-corrected chi connectivity index (χ0v) is 12.0. The van der Waals surface area contributed by atoms with Crippen LogP contribution in [-0.4, -0.2) is 9.55 Å². The van der Waals surface area contributed by atoms with Gasteiger partial charge in [-0.25, -0.2) is 4.98 Å². The molecular formula is C17H16N4. The third kappa shape index (κ3) is 2.03. The zero-order chi connectivity index (χ0) is 15.0. The minimum Gasteiger partial charge on any atom is -0.369 e. The molecule has 1 aromatic heterocycles. The monoisotopic (exact) mass is 276 g/mol. The molecule has 0 atom stereocenters. The van der Waals surface area contributed by atoms with Crippen molar-refractivity contribution in [2.24, 2.45) is 0 Å². The number of hydrogen-bond acceptors (Lipinski definition) is 3. The summed E-state index contributed by atoms with van der Waals surface area (Å²) in [6, 6.07) is 15.9. The average Bonchev–Trinajstić information content (AvgIpc) is 2.82. The summed E-state index contributed by atoms with van der Waals surface area (Å²) < 4.78 is 1.92. The molecule has 0 saturated heterocycles. The minimum absolute atomic E-state index is 0.372. The van der Waals surface area contributed by atoms with E-state index in [9.17, 15) is 5.26 Å². The van der Waals surface area contributed by atoms with Crippen molar-refractivity contribution in [2.45, 2.75) is 19.8 Å². The first-order valence-electron chi connectivity index (χ1n) is 6.90. The second-order valence-corrected chi connectivity index (χ2v) is 5.30. The van der Waals surface area contributed by atoms with Gasteiger partial charge >= 0.3 is 0 Å². The molecule has 4 nitrogen and oxygen atoms in total. The van der Waals surface area contributed by atoms with Crippen molar-refractivity contribution in [2.75, 3.05) is 5.73 Å². The summed E-state index contributed by atoms with van der Waals surface area (Å²) in [6.07, 6.45) is 0. The van der Waals surface area contributed by atoms with E-state index in [1.807, 2.05) is 34.9 Å². The van der Waals surface area contributed by atoms with Crippen molar-refractivity contribution in [3.05, 3.63) is 53.6 Å². The molecule has 0 aliphatic rings. The summed E-state index contributed by atoms with van der Waals surface area (Å²) in [6.45, 7) is 4.30.